The van der Waals surface area contributed by atoms with Gasteiger partial charge in [-0.25, -0.2) is 15.4 Å². The normalized spacial score (nSPS) is 19.0. The lowest BCUT2D eigenvalue weighted by Crippen LogP contribution is -2.31. The number of nitrogens with zero attached hydrogens (tertiary/aromatic N) is 2. The van der Waals surface area contributed by atoms with Crippen molar-refractivity contribution in [1.82, 2.24) is 15.4 Å². The Balaban J connectivity index is 1.80. The average Bonchev–Trinajstić information content (AvgIpc) is 2.54. The molecular weight excluding hydrogens is 260 g/mol. The van der Waals surface area contributed by atoms with Gasteiger partial charge in [-0.15, -0.1) is 0 Å². The van der Waals surface area contributed by atoms with E-state index in [0.29, 0.717) is 5.92 Å². The van der Waals surface area contributed by atoms with Crippen LogP contribution in [0.5, 0.6) is 0 Å². The molecule has 0 bridgehead atoms. The summed E-state index contributed by atoms with van der Waals surface area (Å²) >= 11 is 0. The number of rotatable bonds is 4. The second kappa shape index (κ2) is 6.33. The first-order valence-corrected chi connectivity index (χ1v) is 7.60. The molecule has 2 atom stereocenters. The van der Waals surface area contributed by atoms with Crippen molar-refractivity contribution in [3.05, 3.63) is 59.2 Å². The number of benzene rings is 1. The van der Waals surface area contributed by atoms with Gasteiger partial charge in [-0.3, -0.25) is 5.84 Å². The SMILES string of the molecule is Cc1cnc(C(CC2CCCc3ccccc32)NN)nc1. The first-order valence-electron chi connectivity index (χ1n) is 7.60. The maximum absolute atomic E-state index is 5.75. The van der Waals surface area contributed by atoms with Crippen LogP contribution in [0.3, 0.4) is 0 Å². The highest BCUT2D eigenvalue weighted by atomic mass is 15.2. The minimum absolute atomic E-state index is 0.00163. The van der Waals surface area contributed by atoms with E-state index in [4.69, 9.17) is 5.84 Å². The zero-order chi connectivity index (χ0) is 14.7. The summed E-state index contributed by atoms with van der Waals surface area (Å²) in [7, 11) is 0. The monoisotopic (exact) mass is 282 g/mol. The van der Waals surface area contributed by atoms with Gasteiger partial charge in [0.05, 0.1) is 6.04 Å². The Kier molecular flexibility index (Phi) is 4.27. The quantitative estimate of drug-likeness (QED) is 0.668. The van der Waals surface area contributed by atoms with Crippen molar-refractivity contribution >= 4 is 0 Å². The van der Waals surface area contributed by atoms with Crippen molar-refractivity contribution in [2.45, 2.75) is 44.6 Å². The first-order chi connectivity index (χ1) is 10.3. The number of hydrogen-bond acceptors (Lipinski definition) is 4. The minimum atomic E-state index is 0.00163. The molecule has 2 unspecified atom stereocenters. The number of aromatic nitrogens is 2. The van der Waals surface area contributed by atoms with Gasteiger partial charge in [-0.1, -0.05) is 24.3 Å². The predicted molar refractivity (Wildman–Crippen MR) is 83.6 cm³/mol. The molecule has 0 fully saturated rings. The Labute approximate surface area is 125 Å². The number of fused-ring (bicyclic) bond motifs is 1. The highest BCUT2D eigenvalue weighted by Gasteiger charge is 2.24. The van der Waals surface area contributed by atoms with E-state index < -0.39 is 0 Å². The number of hydrazine groups is 1. The largest absolute Gasteiger partial charge is 0.271 e. The number of nitrogens with two attached hydrogens (primary N) is 1. The van der Waals surface area contributed by atoms with Crippen LogP contribution in [0.2, 0.25) is 0 Å². The molecule has 0 spiro atoms. The molecule has 1 aromatic carbocycles. The highest BCUT2D eigenvalue weighted by molar-refractivity contribution is 5.32. The third-order valence-electron chi connectivity index (χ3n) is 4.33. The number of aryl methyl sites for hydroxylation is 2. The zero-order valence-corrected chi connectivity index (χ0v) is 12.4. The lowest BCUT2D eigenvalue weighted by atomic mass is 9.79. The minimum Gasteiger partial charge on any atom is -0.271 e. The van der Waals surface area contributed by atoms with Gasteiger partial charge in [0.25, 0.3) is 0 Å². The van der Waals surface area contributed by atoms with Gasteiger partial charge in [0.15, 0.2) is 0 Å². The summed E-state index contributed by atoms with van der Waals surface area (Å²) in [6.45, 7) is 1.99. The smallest absolute Gasteiger partial charge is 0.146 e. The lowest BCUT2D eigenvalue weighted by molar-refractivity contribution is 0.412. The fourth-order valence-corrected chi connectivity index (χ4v) is 3.21. The topological polar surface area (TPSA) is 63.8 Å². The van der Waals surface area contributed by atoms with Crippen LogP contribution in [-0.4, -0.2) is 9.97 Å². The fraction of sp³-hybridized carbons (Fsp3) is 0.412. The first kappa shape index (κ1) is 14.2. The molecule has 0 saturated heterocycles. The van der Waals surface area contributed by atoms with Crippen LogP contribution in [0.1, 0.15) is 53.7 Å². The maximum atomic E-state index is 5.75. The summed E-state index contributed by atoms with van der Waals surface area (Å²) < 4.78 is 0. The van der Waals surface area contributed by atoms with E-state index in [2.05, 4.69) is 39.7 Å². The molecule has 1 heterocycles. The van der Waals surface area contributed by atoms with Crippen LogP contribution in [0.25, 0.3) is 0 Å². The number of nitrogens with one attached hydrogen (secondary N) is 1. The maximum Gasteiger partial charge on any atom is 0.146 e. The Morgan fingerprint density at radius 1 is 1.29 bits per heavy atom. The molecule has 1 aliphatic carbocycles. The predicted octanol–water partition coefficient (Wildman–Crippen LogP) is 2.80. The summed E-state index contributed by atoms with van der Waals surface area (Å²) in [4.78, 5) is 8.83. The average molecular weight is 282 g/mol. The van der Waals surface area contributed by atoms with E-state index in [1.807, 2.05) is 19.3 Å². The highest BCUT2D eigenvalue weighted by Crippen LogP contribution is 2.36. The molecule has 0 saturated carbocycles. The van der Waals surface area contributed by atoms with Crippen molar-refractivity contribution < 1.29 is 0 Å². The van der Waals surface area contributed by atoms with E-state index in [1.165, 1.54) is 30.4 Å². The van der Waals surface area contributed by atoms with Crippen LogP contribution < -0.4 is 11.3 Å². The molecule has 2 aromatic rings. The molecule has 4 heteroatoms. The molecule has 0 radical (unpaired) electrons. The van der Waals surface area contributed by atoms with Crippen LogP contribution in [-0.2, 0) is 6.42 Å². The second-order valence-electron chi connectivity index (χ2n) is 5.86. The molecule has 1 aliphatic rings. The standard InChI is InChI=1S/C17H22N4/c1-12-10-19-17(20-11-12)16(21-18)9-14-7-4-6-13-5-2-3-8-15(13)14/h2-3,5,8,10-11,14,16,21H,4,6-7,9,18H2,1H3. The summed E-state index contributed by atoms with van der Waals surface area (Å²) in [5.74, 6) is 7.06. The van der Waals surface area contributed by atoms with Gasteiger partial charge >= 0.3 is 0 Å². The zero-order valence-electron chi connectivity index (χ0n) is 12.4. The Hall–Kier alpha value is -1.78. The van der Waals surface area contributed by atoms with Crippen LogP contribution in [0.15, 0.2) is 36.7 Å². The van der Waals surface area contributed by atoms with E-state index in [9.17, 15) is 0 Å². The molecule has 21 heavy (non-hydrogen) atoms. The molecule has 0 amide bonds. The summed E-state index contributed by atoms with van der Waals surface area (Å²) in [6, 6.07) is 8.76. The molecule has 110 valence electrons. The molecule has 3 N–H and O–H groups in total. The summed E-state index contributed by atoms with van der Waals surface area (Å²) in [5, 5.41) is 0. The molecular formula is C17H22N4. The van der Waals surface area contributed by atoms with Crippen LogP contribution in [0, 0.1) is 6.92 Å². The molecule has 1 aromatic heterocycles. The van der Waals surface area contributed by atoms with Crippen molar-refractivity contribution in [3.63, 3.8) is 0 Å². The van der Waals surface area contributed by atoms with Gasteiger partial charge < -0.3 is 0 Å². The third-order valence-corrected chi connectivity index (χ3v) is 4.33. The van der Waals surface area contributed by atoms with Crippen molar-refractivity contribution in [2.24, 2.45) is 5.84 Å². The van der Waals surface area contributed by atoms with E-state index in [1.54, 1.807) is 0 Å². The van der Waals surface area contributed by atoms with Crippen molar-refractivity contribution in [1.29, 1.82) is 0 Å². The molecule has 0 aliphatic heterocycles. The van der Waals surface area contributed by atoms with Gasteiger partial charge in [0, 0.05) is 12.4 Å². The summed E-state index contributed by atoms with van der Waals surface area (Å²) in [5.41, 5.74) is 6.91. The molecule has 4 nitrogen and oxygen atoms in total. The van der Waals surface area contributed by atoms with Gasteiger partial charge in [0.2, 0.25) is 0 Å². The lowest BCUT2D eigenvalue weighted by Gasteiger charge is -2.28. The van der Waals surface area contributed by atoms with Gasteiger partial charge in [0.1, 0.15) is 5.82 Å². The summed E-state index contributed by atoms with van der Waals surface area (Å²) in [6.07, 6.45) is 8.28. The van der Waals surface area contributed by atoms with Gasteiger partial charge in [-0.05, 0) is 55.2 Å². The van der Waals surface area contributed by atoms with Crippen molar-refractivity contribution in [2.75, 3.05) is 0 Å². The Bertz CT molecular complexity index is 594. The van der Waals surface area contributed by atoms with E-state index >= 15 is 0 Å². The van der Waals surface area contributed by atoms with Gasteiger partial charge in [-0.2, -0.15) is 0 Å². The van der Waals surface area contributed by atoms with Crippen LogP contribution >= 0.6 is 0 Å². The molecule has 3 rings (SSSR count). The van der Waals surface area contributed by atoms with E-state index in [-0.39, 0.29) is 6.04 Å². The van der Waals surface area contributed by atoms with Crippen LogP contribution in [0.4, 0.5) is 0 Å². The third kappa shape index (κ3) is 3.12. The second-order valence-corrected chi connectivity index (χ2v) is 5.86. The van der Waals surface area contributed by atoms with E-state index in [0.717, 1.165) is 17.8 Å². The Morgan fingerprint density at radius 2 is 2.05 bits per heavy atom. The van der Waals surface area contributed by atoms with Crippen molar-refractivity contribution in [3.8, 4) is 0 Å². The Morgan fingerprint density at radius 3 is 2.81 bits per heavy atom. The number of hydrogen-bond donors (Lipinski definition) is 2. The fourth-order valence-electron chi connectivity index (χ4n) is 3.21.